The molecule has 2 aromatic rings. The van der Waals surface area contributed by atoms with Crippen molar-refractivity contribution < 1.29 is 9.59 Å². The second kappa shape index (κ2) is 9.04. The van der Waals surface area contributed by atoms with Gasteiger partial charge in [-0.25, -0.2) is 0 Å². The summed E-state index contributed by atoms with van der Waals surface area (Å²) in [5.74, 6) is 0.502. The summed E-state index contributed by atoms with van der Waals surface area (Å²) in [5, 5.41) is 3.18. The van der Waals surface area contributed by atoms with Gasteiger partial charge in [0, 0.05) is 29.9 Å². The molecule has 1 heterocycles. The summed E-state index contributed by atoms with van der Waals surface area (Å²) < 4.78 is 0. The molecule has 2 aliphatic rings. The first kappa shape index (κ1) is 20.0. The Labute approximate surface area is 177 Å². The van der Waals surface area contributed by atoms with Crippen LogP contribution in [0.3, 0.4) is 0 Å². The molecule has 0 aromatic heterocycles. The van der Waals surface area contributed by atoms with Crippen molar-refractivity contribution in [2.45, 2.75) is 42.4 Å². The summed E-state index contributed by atoms with van der Waals surface area (Å²) in [6, 6.07) is 18.1. The molecule has 152 valence electrons. The molecule has 5 heteroatoms. The van der Waals surface area contributed by atoms with Crippen LogP contribution in [0.2, 0.25) is 0 Å². The van der Waals surface area contributed by atoms with E-state index in [1.807, 2.05) is 35.2 Å². The van der Waals surface area contributed by atoms with Gasteiger partial charge < -0.3 is 10.2 Å². The molecule has 4 nitrogen and oxygen atoms in total. The number of nitrogens with zero attached hydrogens (tertiary/aromatic N) is 1. The third-order valence-corrected chi connectivity index (χ3v) is 7.28. The van der Waals surface area contributed by atoms with E-state index in [1.165, 1.54) is 23.7 Å². The monoisotopic (exact) mass is 408 g/mol. The van der Waals surface area contributed by atoms with Crippen molar-refractivity contribution in [3.63, 3.8) is 0 Å². The molecular formula is C24H28N2O2S. The predicted molar refractivity (Wildman–Crippen MR) is 117 cm³/mol. The fraction of sp³-hybridized carbons (Fsp3) is 0.417. The second-order valence-electron chi connectivity index (χ2n) is 8.06. The number of amides is 2. The van der Waals surface area contributed by atoms with Gasteiger partial charge in [0.1, 0.15) is 0 Å². The average Bonchev–Trinajstić information content (AvgIpc) is 3.27. The Morgan fingerprint density at radius 1 is 0.931 bits per heavy atom. The van der Waals surface area contributed by atoms with Crippen LogP contribution in [-0.4, -0.2) is 42.1 Å². The summed E-state index contributed by atoms with van der Waals surface area (Å²) in [5.41, 5.74) is 2.03. The van der Waals surface area contributed by atoms with Crippen LogP contribution in [0, 0.1) is 0 Å². The first-order valence-corrected chi connectivity index (χ1v) is 11.5. The maximum atomic E-state index is 13.0. The van der Waals surface area contributed by atoms with Crippen molar-refractivity contribution in [2.75, 3.05) is 25.4 Å². The van der Waals surface area contributed by atoms with Crippen molar-refractivity contribution in [1.29, 1.82) is 0 Å². The van der Waals surface area contributed by atoms with E-state index in [0.717, 1.165) is 43.7 Å². The maximum absolute atomic E-state index is 13.0. The fourth-order valence-corrected chi connectivity index (χ4v) is 5.24. The van der Waals surface area contributed by atoms with Crippen LogP contribution in [0.4, 0.5) is 0 Å². The van der Waals surface area contributed by atoms with Gasteiger partial charge in [-0.15, -0.1) is 11.8 Å². The highest BCUT2D eigenvalue weighted by molar-refractivity contribution is 8.00. The highest BCUT2D eigenvalue weighted by Gasteiger charge is 2.38. The SMILES string of the molecule is O=C(NCC1(c2ccccc2)CCC1)c1ccccc1SCC(=O)N1CCCC1. The molecule has 1 saturated heterocycles. The van der Waals surface area contributed by atoms with Crippen molar-refractivity contribution in [3.8, 4) is 0 Å². The summed E-state index contributed by atoms with van der Waals surface area (Å²) >= 11 is 1.47. The van der Waals surface area contributed by atoms with Gasteiger partial charge in [0.05, 0.1) is 11.3 Å². The minimum absolute atomic E-state index is 0.0519. The molecular weight excluding hydrogens is 380 g/mol. The van der Waals surface area contributed by atoms with Gasteiger partial charge in [-0.3, -0.25) is 9.59 Å². The molecule has 0 atom stereocenters. The van der Waals surface area contributed by atoms with E-state index in [0.29, 0.717) is 17.9 Å². The number of hydrogen-bond acceptors (Lipinski definition) is 3. The first-order valence-electron chi connectivity index (χ1n) is 10.5. The minimum Gasteiger partial charge on any atom is -0.351 e. The summed E-state index contributed by atoms with van der Waals surface area (Å²) in [4.78, 5) is 28.1. The zero-order valence-electron chi connectivity index (χ0n) is 16.7. The number of thioether (sulfide) groups is 1. The Kier molecular flexibility index (Phi) is 6.24. The van der Waals surface area contributed by atoms with Crippen LogP contribution < -0.4 is 5.32 Å². The second-order valence-corrected chi connectivity index (χ2v) is 9.07. The Bertz CT molecular complexity index is 858. The Morgan fingerprint density at radius 3 is 2.31 bits per heavy atom. The number of likely N-dealkylation sites (tertiary alicyclic amines) is 1. The van der Waals surface area contributed by atoms with Crippen LogP contribution in [0.25, 0.3) is 0 Å². The molecule has 2 fully saturated rings. The fourth-order valence-electron chi connectivity index (χ4n) is 4.28. The Morgan fingerprint density at radius 2 is 1.62 bits per heavy atom. The molecule has 1 aliphatic carbocycles. The molecule has 1 saturated carbocycles. The molecule has 29 heavy (non-hydrogen) atoms. The number of nitrogens with one attached hydrogen (secondary N) is 1. The van der Waals surface area contributed by atoms with Gasteiger partial charge in [-0.2, -0.15) is 0 Å². The third kappa shape index (κ3) is 4.50. The molecule has 0 radical (unpaired) electrons. The lowest BCUT2D eigenvalue weighted by Crippen LogP contribution is -2.45. The zero-order valence-corrected chi connectivity index (χ0v) is 17.5. The summed E-state index contributed by atoms with van der Waals surface area (Å²) in [7, 11) is 0. The van der Waals surface area contributed by atoms with Crippen molar-refractivity contribution >= 4 is 23.6 Å². The zero-order chi connectivity index (χ0) is 20.1. The molecule has 2 aromatic carbocycles. The molecule has 0 spiro atoms. The average molecular weight is 409 g/mol. The molecule has 0 bridgehead atoms. The molecule has 1 aliphatic heterocycles. The van der Waals surface area contributed by atoms with Gasteiger partial charge in [0.15, 0.2) is 0 Å². The van der Waals surface area contributed by atoms with E-state index >= 15 is 0 Å². The van der Waals surface area contributed by atoms with Crippen molar-refractivity contribution in [1.82, 2.24) is 10.2 Å². The van der Waals surface area contributed by atoms with E-state index in [1.54, 1.807) is 0 Å². The number of benzene rings is 2. The van der Waals surface area contributed by atoms with Crippen LogP contribution >= 0.6 is 11.8 Å². The summed E-state index contributed by atoms with van der Waals surface area (Å²) in [6.45, 7) is 2.38. The normalized spacial score (nSPS) is 17.6. The van der Waals surface area contributed by atoms with E-state index in [4.69, 9.17) is 0 Å². The van der Waals surface area contributed by atoms with Crippen LogP contribution in [0.1, 0.15) is 48.0 Å². The van der Waals surface area contributed by atoms with Crippen LogP contribution in [-0.2, 0) is 10.2 Å². The van der Waals surface area contributed by atoms with Gasteiger partial charge in [0.2, 0.25) is 5.91 Å². The maximum Gasteiger partial charge on any atom is 0.252 e. The number of rotatable bonds is 7. The van der Waals surface area contributed by atoms with Crippen LogP contribution in [0.5, 0.6) is 0 Å². The van der Waals surface area contributed by atoms with Gasteiger partial charge >= 0.3 is 0 Å². The predicted octanol–water partition coefficient (Wildman–Crippen LogP) is 4.25. The summed E-state index contributed by atoms with van der Waals surface area (Å²) in [6.07, 6.45) is 5.61. The standard InChI is InChI=1S/C24H28N2O2S/c27-22(26-15-6-7-16-26)17-29-21-12-5-4-11-20(21)23(28)25-18-24(13-8-14-24)19-9-2-1-3-10-19/h1-5,9-12H,6-8,13-18H2,(H,25,28). The quantitative estimate of drug-likeness (QED) is 0.697. The van der Waals surface area contributed by atoms with Gasteiger partial charge in [-0.05, 0) is 43.4 Å². The number of carbonyl (C=O) groups is 2. The Balaban J connectivity index is 1.39. The first-order chi connectivity index (χ1) is 14.2. The lowest BCUT2D eigenvalue weighted by atomic mass is 9.64. The third-order valence-electron chi connectivity index (χ3n) is 6.23. The largest absolute Gasteiger partial charge is 0.351 e. The van der Waals surface area contributed by atoms with Gasteiger partial charge in [0.25, 0.3) is 5.91 Å². The number of hydrogen-bond donors (Lipinski definition) is 1. The van der Waals surface area contributed by atoms with Crippen LogP contribution in [0.15, 0.2) is 59.5 Å². The van der Waals surface area contributed by atoms with Crippen molar-refractivity contribution in [2.24, 2.45) is 0 Å². The van der Waals surface area contributed by atoms with E-state index in [9.17, 15) is 9.59 Å². The lowest BCUT2D eigenvalue weighted by Gasteiger charge is -2.42. The smallest absolute Gasteiger partial charge is 0.252 e. The lowest BCUT2D eigenvalue weighted by molar-refractivity contribution is -0.127. The highest BCUT2D eigenvalue weighted by Crippen LogP contribution is 2.43. The highest BCUT2D eigenvalue weighted by atomic mass is 32.2. The van der Waals surface area contributed by atoms with Gasteiger partial charge in [-0.1, -0.05) is 48.9 Å². The van der Waals surface area contributed by atoms with E-state index < -0.39 is 0 Å². The molecule has 4 rings (SSSR count). The number of carbonyl (C=O) groups excluding carboxylic acids is 2. The topological polar surface area (TPSA) is 49.4 Å². The van der Waals surface area contributed by atoms with E-state index in [2.05, 4.69) is 29.6 Å². The molecule has 1 N–H and O–H groups in total. The molecule has 0 unspecified atom stereocenters. The Hall–Kier alpha value is -2.27. The van der Waals surface area contributed by atoms with E-state index in [-0.39, 0.29) is 17.2 Å². The van der Waals surface area contributed by atoms with Crippen molar-refractivity contribution in [3.05, 3.63) is 65.7 Å². The minimum atomic E-state index is -0.0519. The molecule has 2 amide bonds.